The average molecular weight is 382 g/mol. The van der Waals surface area contributed by atoms with E-state index in [0.29, 0.717) is 29.8 Å². The number of halogens is 2. The Morgan fingerprint density at radius 1 is 1.35 bits per heavy atom. The Morgan fingerprint density at radius 3 is 2.73 bits per heavy atom. The molecule has 0 fully saturated rings. The number of nitrogens with zero attached hydrogens (tertiary/aromatic N) is 1. The molecule has 1 aromatic heterocycles. The summed E-state index contributed by atoms with van der Waals surface area (Å²) in [5.41, 5.74) is 0.447. The van der Waals surface area contributed by atoms with Gasteiger partial charge in [0.15, 0.2) is 5.96 Å². The van der Waals surface area contributed by atoms with Crippen molar-refractivity contribution in [1.29, 1.82) is 0 Å². The number of hydrogen-bond acceptors (Lipinski definition) is 3. The Labute approximate surface area is 158 Å². The van der Waals surface area contributed by atoms with E-state index in [9.17, 15) is 9.50 Å². The van der Waals surface area contributed by atoms with Gasteiger partial charge in [0.1, 0.15) is 17.7 Å². The number of furan rings is 1. The van der Waals surface area contributed by atoms with Gasteiger partial charge in [0.2, 0.25) is 0 Å². The number of aliphatic imine (C=N–C) groups is 1. The second kappa shape index (κ2) is 9.05. The summed E-state index contributed by atoms with van der Waals surface area (Å²) in [5.74, 6) is 0.705. The first-order valence-corrected chi connectivity index (χ1v) is 8.90. The molecule has 0 saturated carbocycles. The Kier molecular flexibility index (Phi) is 7.06. The third-order valence-electron chi connectivity index (χ3n) is 3.97. The normalized spacial score (nSPS) is 13.5. The predicted molar refractivity (Wildman–Crippen MR) is 102 cm³/mol. The minimum Gasteiger partial charge on any atom is -0.467 e. The summed E-state index contributed by atoms with van der Waals surface area (Å²) >= 11 is 6.19. The molecule has 1 atom stereocenters. The smallest absolute Gasteiger partial charge is 0.191 e. The van der Waals surface area contributed by atoms with Gasteiger partial charge in [-0.15, -0.1) is 0 Å². The van der Waals surface area contributed by atoms with E-state index in [-0.39, 0.29) is 17.8 Å². The van der Waals surface area contributed by atoms with Gasteiger partial charge in [0.05, 0.1) is 19.4 Å². The zero-order chi connectivity index (χ0) is 19.2. The van der Waals surface area contributed by atoms with Crippen LogP contribution in [0, 0.1) is 5.82 Å². The molecular formula is C19H25ClFN3O2. The van der Waals surface area contributed by atoms with Gasteiger partial charge in [-0.05, 0) is 36.8 Å². The molecule has 0 amide bonds. The van der Waals surface area contributed by atoms with Crippen molar-refractivity contribution in [2.45, 2.75) is 32.3 Å². The van der Waals surface area contributed by atoms with Crippen LogP contribution in [-0.2, 0) is 5.41 Å². The van der Waals surface area contributed by atoms with Gasteiger partial charge in [-0.2, -0.15) is 0 Å². The molecule has 0 saturated heterocycles. The molecule has 1 aromatic carbocycles. The van der Waals surface area contributed by atoms with Gasteiger partial charge < -0.3 is 20.2 Å². The van der Waals surface area contributed by atoms with E-state index in [1.54, 1.807) is 18.2 Å². The maximum absolute atomic E-state index is 13.3. The summed E-state index contributed by atoms with van der Waals surface area (Å²) in [5, 5.41) is 16.7. The highest BCUT2D eigenvalue weighted by atomic mass is 35.5. The molecule has 0 radical (unpaired) electrons. The highest BCUT2D eigenvalue weighted by Crippen LogP contribution is 2.30. The highest BCUT2D eigenvalue weighted by Gasteiger charge is 2.23. The second-order valence-electron chi connectivity index (χ2n) is 6.62. The number of rotatable bonds is 7. The first kappa shape index (κ1) is 20.3. The Hall–Kier alpha value is -2.05. The predicted octanol–water partition coefficient (Wildman–Crippen LogP) is 3.64. The van der Waals surface area contributed by atoms with Crippen molar-refractivity contribution in [2.24, 2.45) is 4.99 Å². The largest absolute Gasteiger partial charge is 0.467 e. The molecule has 1 unspecified atom stereocenters. The van der Waals surface area contributed by atoms with Crippen LogP contribution in [0.15, 0.2) is 46.0 Å². The van der Waals surface area contributed by atoms with Crippen LogP contribution in [0.1, 0.15) is 38.2 Å². The van der Waals surface area contributed by atoms with E-state index in [0.717, 1.165) is 5.56 Å². The van der Waals surface area contributed by atoms with Crippen molar-refractivity contribution >= 4 is 17.6 Å². The fraction of sp³-hybridized carbons (Fsp3) is 0.421. The first-order valence-electron chi connectivity index (χ1n) is 8.52. The van der Waals surface area contributed by atoms with E-state index in [4.69, 9.17) is 16.0 Å². The lowest BCUT2D eigenvalue weighted by molar-refractivity contribution is 0.153. The molecule has 1 heterocycles. The van der Waals surface area contributed by atoms with Crippen LogP contribution in [0.2, 0.25) is 5.02 Å². The van der Waals surface area contributed by atoms with E-state index < -0.39 is 6.10 Å². The number of hydrogen-bond donors (Lipinski definition) is 3. The standard InChI is InChI=1S/C19H25ClFN3O2/c1-4-22-18(23-11-16(25)17-6-5-9-26-17)24-12-19(2,3)14-8-7-13(21)10-15(14)20/h5-10,16,25H,4,11-12H2,1-3H3,(H2,22,23,24). The maximum atomic E-state index is 13.3. The number of aliphatic hydroxyl groups excluding tert-OH is 1. The lowest BCUT2D eigenvalue weighted by atomic mass is 9.84. The summed E-state index contributed by atoms with van der Waals surface area (Å²) in [6.45, 7) is 7.33. The monoisotopic (exact) mass is 381 g/mol. The fourth-order valence-electron chi connectivity index (χ4n) is 2.52. The number of nitrogens with one attached hydrogen (secondary N) is 2. The Morgan fingerprint density at radius 2 is 2.12 bits per heavy atom. The van der Waals surface area contributed by atoms with E-state index in [1.165, 1.54) is 18.4 Å². The van der Waals surface area contributed by atoms with Gasteiger partial charge in [-0.3, -0.25) is 4.99 Å². The van der Waals surface area contributed by atoms with Crippen molar-refractivity contribution in [3.8, 4) is 0 Å². The van der Waals surface area contributed by atoms with Gasteiger partial charge in [-0.25, -0.2) is 4.39 Å². The van der Waals surface area contributed by atoms with Crippen molar-refractivity contribution in [2.75, 3.05) is 19.6 Å². The maximum Gasteiger partial charge on any atom is 0.191 e. The van der Waals surface area contributed by atoms with Crippen molar-refractivity contribution in [3.63, 3.8) is 0 Å². The quantitative estimate of drug-likeness (QED) is 0.506. The van der Waals surface area contributed by atoms with Gasteiger partial charge >= 0.3 is 0 Å². The number of aliphatic hydroxyl groups is 1. The molecule has 0 bridgehead atoms. The third-order valence-corrected chi connectivity index (χ3v) is 4.28. The average Bonchev–Trinajstić information content (AvgIpc) is 3.11. The molecule has 0 aliphatic carbocycles. The molecule has 0 spiro atoms. The molecule has 2 aromatic rings. The lowest BCUT2D eigenvalue weighted by Gasteiger charge is -2.25. The second-order valence-corrected chi connectivity index (χ2v) is 7.02. The molecule has 2 rings (SSSR count). The summed E-state index contributed by atoms with van der Waals surface area (Å²) in [6, 6.07) is 7.85. The molecule has 5 nitrogen and oxygen atoms in total. The molecule has 0 aliphatic heterocycles. The number of benzene rings is 1. The minimum absolute atomic E-state index is 0.261. The van der Waals surface area contributed by atoms with Crippen LogP contribution < -0.4 is 10.6 Å². The summed E-state index contributed by atoms with van der Waals surface area (Å²) in [6.07, 6.45) is 0.751. The minimum atomic E-state index is -0.770. The molecule has 7 heteroatoms. The number of guanidine groups is 1. The topological polar surface area (TPSA) is 69.8 Å². The summed E-state index contributed by atoms with van der Waals surface area (Å²) in [7, 11) is 0. The van der Waals surface area contributed by atoms with Crippen LogP contribution in [0.4, 0.5) is 4.39 Å². The van der Waals surface area contributed by atoms with Gasteiger partial charge in [-0.1, -0.05) is 31.5 Å². The molecule has 142 valence electrons. The van der Waals surface area contributed by atoms with E-state index in [2.05, 4.69) is 15.6 Å². The van der Waals surface area contributed by atoms with Crippen LogP contribution >= 0.6 is 11.6 Å². The van der Waals surface area contributed by atoms with E-state index >= 15 is 0 Å². The molecule has 3 N–H and O–H groups in total. The van der Waals surface area contributed by atoms with Crippen molar-refractivity contribution in [1.82, 2.24) is 10.6 Å². The van der Waals surface area contributed by atoms with Crippen LogP contribution in [0.25, 0.3) is 0 Å². The Balaban J connectivity index is 2.04. The zero-order valence-electron chi connectivity index (χ0n) is 15.2. The Bertz CT molecular complexity index is 732. The van der Waals surface area contributed by atoms with Crippen LogP contribution in [0.5, 0.6) is 0 Å². The van der Waals surface area contributed by atoms with Crippen LogP contribution in [0.3, 0.4) is 0 Å². The molecule has 26 heavy (non-hydrogen) atoms. The molecular weight excluding hydrogens is 357 g/mol. The first-order chi connectivity index (χ1) is 12.3. The van der Waals surface area contributed by atoms with Crippen LogP contribution in [-0.4, -0.2) is 30.7 Å². The highest BCUT2D eigenvalue weighted by molar-refractivity contribution is 6.31. The van der Waals surface area contributed by atoms with Crippen molar-refractivity contribution in [3.05, 3.63) is 58.8 Å². The van der Waals surface area contributed by atoms with Gasteiger partial charge in [0.25, 0.3) is 0 Å². The zero-order valence-corrected chi connectivity index (χ0v) is 16.0. The van der Waals surface area contributed by atoms with Gasteiger partial charge in [0, 0.05) is 17.0 Å². The SMILES string of the molecule is CCNC(=NCC(C)(C)c1ccc(F)cc1Cl)NCC(O)c1ccco1. The summed E-state index contributed by atoms with van der Waals surface area (Å²) < 4.78 is 18.5. The third kappa shape index (κ3) is 5.47. The lowest BCUT2D eigenvalue weighted by Crippen LogP contribution is -2.40. The van der Waals surface area contributed by atoms with Crippen molar-refractivity contribution < 1.29 is 13.9 Å². The summed E-state index contributed by atoms with van der Waals surface area (Å²) in [4.78, 5) is 4.58. The van der Waals surface area contributed by atoms with E-state index in [1.807, 2.05) is 20.8 Å². The molecule has 0 aliphatic rings. The fourth-order valence-corrected chi connectivity index (χ4v) is 2.94.